The van der Waals surface area contributed by atoms with Crippen LogP contribution in [0.4, 0.5) is 0 Å². The van der Waals surface area contributed by atoms with E-state index in [4.69, 9.17) is 8.83 Å². The van der Waals surface area contributed by atoms with Crippen LogP contribution in [-0.2, 0) is 0 Å². The van der Waals surface area contributed by atoms with Crippen molar-refractivity contribution in [1.82, 2.24) is 10.2 Å². The fourth-order valence-electron chi connectivity index (χ4n) is 3.19. The molecule has 5 aromatic rings. The summed E-state index contributed by atoms with van der Waals surface area (Å²) in [5.74, 6) is 1.68. The molecule has 0 bridgehead atoms. The first-order chi connectivity index (χ1) is 13.3. The van der Waals surface area contributed by atoms with Gasteiger partial charge < -0.3 is 8.83 Å². The average molecular weight is 352 g/mol. The van der Waals surface area contributed by atoms with Crippen LogP contribution in [0.5, 0.6) is 0 Å². The lowest BCUT2D eigenvalue weighted by Gasteiger charge is -1.99. The SMILES string of the molecule is Cc1ccc(-c2nnc(-c3c(-c4ccccc4)oc4ccccc34)o2)cc1. The molecule has 0 amide bonds. The standard InChI is InChI=1S/C23H16N2O2/c1-15-11-13-17(14-12-15)22-24-25-23(27-22)20-18-9-5-6-10-19(18)26-21(20)16-7-3-2-4-8-16/h2-14H,1H3. The molecule has 0 aliphatic heterocycles. The Morgan fingerprint density at radius 1 is 0.630 bits per heavy atom. The van der Waals surface area contributed by atoms with Gasteiger partial charge in [-0.2, -0.15) is 0 Å². The van der Waals surface area contributed by atoms with Crippen LogP contribution >= 0.6 is 0 Å². The maximum absolute atomic E-state index is 6.14. The second kappa shape index (κ2) is 6.25. The van der Waals surface area contributed by atoms with Crippen molar-refractivity contribution in [3.63, 3.8) is 0 Å². The first-order valence-corrected chi connectivity index (χ1v) is 8.77. The van der Waals surface area contributed by atoms with Gasteiger partial charge in [-0.1, -0.05) is 66.2 Å². The molecule has 0 N–H and O–H groups in total. The Kier molecular flexibility index (Phi) is 3.61. The van der Waals surface area contributed by atoms with Gasteiger partial charge in [0.2, 0.25) is 5.89 Å². The molecule has 2 aromatic heterocycles. The summed E-state index contributed by atoms with van der Waals surface area (Å²) in [7, 11) is 0. The number of benzene rings is 3. The van der Waals surface area contributed by atoms with Crippen LogP contribution < -0.4 is 0 Å². The quantitative estimate of drug-likeness (QED) is 0.392. The monoisotopic (exact) mass is 352 g/mol. The summed E-state index contributed by atoms with van der Waals surface area (Å²) >= 11 is 0. The van der Waals surface area contributed by atoms with E-state index in [9.17, 15) is 0 Å². The van der Waals surface area contributed by atoms with E-state index >= 15 is 0 Å². The van der Waals surface area contributed by atoms with E-state index in [-0.39, 0.29) is 0 Å². The van der Waals surface area contributed by atoms with Crippen LogP contribution in [0.25, 0.3) is 45.2 Å². The van der Waals surface area contributed by atoms with Crippen molar-refractivity contribution in [3.05, 3.63) is 84.4 Å². The minimum absolute atomic E-state index is 0.453. The van der Waals surface area contributed by atoms with Crippen molar-refractivity contribution in [2.75, 3.05) is 0 Å². The van der Waals surface area contributed by atoms with Gasteiger partial charge in [0.1, 0.15) is 11.3 Å². The number of hydrogen-bond donors (Lipinski definition) is 0. The summed E-state index contributed by atoms with van der Waals surface area (Å²) in [6.07, 6.45) is 0. The van der Waals surface area contributed by atoms with Crippen LogP contribution in [0.15, 0.2) is 87.7 Å². The number of nitrogens with zero attached hydrogens (tertiary/aromatic N) is 2. The summed E-state index contributed by atoms with van der Waals surface area (Å²) in [5.41, 5.74) is 4.67. The number of aryl methyl sites for hydroxylation is 1. The van der Waals surface area contributed by atoms with Gasteiger partial charge in [0, 0.05) is 16.5 Å². The highest BCUT2D eigenvalue weighted by Gasteiger charge is 2.22. The van der Waals surface area contributed by atoms with Crippen LogP contribution in [0.1, 0.15) is 5.56 Å². The molecule has 4 heteroatoms. The lowest BCUT2D eigenvalue weighted by Crippen LogP contribution is -1.81. The number of para-hydroxylation sites is 1. The Bertz CT molecular complexity index is 1220. The fraction of sp³-hybridized carbons (Fsp3) is 0.0435. The van der Waals surface area contributed by atoms with E-state index in [1.807, 2.05) is 85.8 Å². The highest BCUT2D eigenvalue weighted by atomic mass is 16.4. The topological polar surface area (TPSA) is 52.1 Å². The zero-order valence-electron chi connectivity index (χ0n) is 14.7. The minimum Gasteiger partial charge on any atom is -0.455 e. The molecule has 2 heterocycles. The van der Waals surface area contributed by atoms with Crippen molar-refractivity contribution in [3.8, 4) is 34.2 Å². The Labute approximate surface area is 156 Å². The number of fused-ring (bicyclic) bond motifs is 1. The third kappa shape index (κ3) is 2.72. The van der Waals surface area contributed by atoms with E-state index in [0.29, 0.717) is 11.8 Å². The average Bonchev–Trinajstić information content (AvgIpc) is 3.34. The first-order valence-electron chi connectivity index (χ1n) is 8.77. The predicted molar refractivity (Wildman–Crippen MR) is 105 cm³/mol. The van der Waals surface area contributed by atoms with Gasteiger partial charge in [-0.25, -0.2) is 0 Å². The third-order valence-corrected chi connectivity index (χ3v) is 4.57. The van der Waals surface area contributed by atoms with Crippen molar-refractivity contribution < 1.29 is 8.83 Å². The van der Waals surface area contributed by atoms with E-state index < -0.39 is 0 Å². The smallest absolute Gasteiger partial charge is 0.252 e. The fourth-order valence-corrected chi connectivity index (χ4v) is 3.19. The maximum Gasteiger partial charge on any atom is 0.252 e. The summed E-state index contributed by atoms with van der Waals surface area (Å²) in [5, 5.41) is 9.53. The van der Waals surface area contributed by atoms with Crippen LogP contribution in [0.3, 0.4) is 0 Å². The second-order valence-corrected chi connectivity index (χ2v) is 6.45. The maximum atomic E-state index is 6.14. The highest BCUT2D eigenvalue weighted by Crippen LogP contribution is 2.40. The lowest BCUT2D eigenvalue weighted by molar-refractivity contribution is 0.581. The summed E-state index contributed by atoms with van der Waals surface area (Å²) in [6.45, 7) is 2.05. The zero-order valence-corrected chi connectivity index (χ0v) is 14.7. The molecule has 3 aromatic carbocycles. The molecule has 0 aliphatic rings. The predicted octanol–water partition coefficient (Wildman–Crippen LogP) is 6.13. The number of furan rings is 1. The van der Waals surface area contributed by atoms with Crippen LogP contribution in [0.2, 0.25) is 0 Å². The molecule has 0 saturated carbocycles. The molecule has 130 valence electrons. The van der Waals surface area contributed by atoms with Gasteiger partial charge in [0.25, 0.3) is 5.89 Å². The molecular formula is C23H16N2O2. The van der Waals surface area contributed by atoms with Crippen LogP contribution in [-0.4, -0.2) is 10.2 Å². The van der Waals surface area contributed by atoms with E-state index in [1.165, 1.54) is 5.56 Å². The normalized spacial score (nSPS) is 11.1. The molecule has 0 aliphatic carbocycles. The van der Waals surface area contributed by atoms with E-state index in [2.05, 4.69) is 10.2 Å². The van der Waals surface area contributed by atoms with Gasteiger partial charge in [0.05, 0.1) is 5.56 Å². The molecule has 0 atom stereocenters. The Morgan fingerprint density at radius 2 is 1.33 bits per heavy atom. The van der Waals surface area contributed by atoms with E-state index in [1.54, 1.807) is 0 Å². The highest BCUT2D eigenvalue weighted by molar-refractivity contribution is 5.99. The Balaban J connectivity index is 1.70. The number of hydrogen-bond acceptors (Lipinski definition) is 4. The Morgan fingerprint density at radius 3 is 2.15 bits per heavy atom. The van der Waals surface area contributed by atoms with Crippen LogP contribution in [0, 0.1) is 6.92 Å². The molecule has 5 rings (SSSR count). The van der Waals surface area contributed by atoms with Gasteiger partial charge in [-0.3, -0.25) is 0 Å². The largest absolute Gasteiger partial charge is 0.455 e. The van der Waals surface area contributed by atoms with Gasteiger partial charge in [-0.15, -0.1) is 10.2 Å². The molecule has 0 saturated heterocycles. The van der Waals surface area contributed by atoms with Gasteiger partial charge >= 0.3 is 0 Å². The first kappa shape index (κ1) is 15.6. The molecule has 27 heavy (non-hydrogen) atoms. The summed E-state index contributed by atoms with van der Waals surface area (Å²) in [4.78, 5) is 0. The molecule has 0 spiro atoms. The van der Waals surface area contributed by atoms with Gasteiger partial charge in [-0.05, 0) is 25.1 Å². The minimum atomic E-state index is 0.453. The van der Waals surface area contributed by atoms with Crippen molar-refractivity contribution in [1.29, 1.82) is 0 Å². The van der Waals surface area contributed by atoms with Crippen molar-refractivity contribution >= 4 is 11.0 Å². The second-order valence-electron chi connectivity index (χ2n) is 6.45. The van der Waals surface area contributed by atoms with Crippen molar-refractivity contribution in [2.24, 2.45) is 0 Å². The Hall–Kier alpha value is -3.66. The summed E-state index contributed by atoms with van der Waals surface area (Å²) in [6, 6.07) is 25.9. The lowest BCUT2D eigenvalue weighted by atomic mass is 10.1. The number of rotatable bonds is 3. The molecule has 4 nitrogen and oxygen atoms in total. The third-order valence-electron chi connectivity index (χ3n) is 4.57. The molecule has 0 fully saturated rings. The molecular weight excluding hydrogens is 336 g/mol. The van der Waals surface area contributed by atoms with Crippen molar-refractivity contribution in [2.45, 2.75) is 6.92 Å². The van der Waals surface area contributed by atoms with E-state index in [0.717, 1.165) is 33.4 Å². The summed E-state index contributed by atoms with van der Waals surface area (Å²) < 4.78 is 12.2. The number of aromatic nitrogens is 2. The van der Waals surface area contributed by atoms with Gasteiger partial charge in [0.15, 0.2) is 0 Å². The molecule has 0 unspecified atom stereocenters. The molecule has 0 radical (unpaired) electrons. The zero-order chi connectivity index (χ0) is 18.2.